The van der Waals surface area contributed by atoms with Crippen molar-refractivity contribution in [2.75, 3.05) is 25.9 Å². The predicted molar refractivity (Wildman–Crippen MR) is 99.2 cm³/mol. The number of hydrogen-bond donors (Lipinski definition) is 1. The molecule has 2 amide bonds. The van der Waals surface area contributed by atoms with Gasteiger partial charge in [-0.1, -0.05) is 11.8 Å². The van der Waals surface area contributed by atoms with Gasteiger partial charge >= 0.3 is 0 Å². The second kappa shape index (κ2) is 8.03. The molecule has 0 aliphatic carbocycles. The van der Waals surface area contributed by atoms with Gasteiger partial charge in [-0.15, -0.1) is 5.10 Å². The van der Waals surface area contributed by atoms with E-state index in [0.717, 1.165) is 42.9 Å². The molecule has 3 heterocycles. The SMILES string of the molecule is CSc1nc2nc(C)c(CC(=O)NCCC(=O)N3CCCC3)c(C)n2n1. The number of amides is 2. The van der Waals surface area contributed by atoms with Crippen LogP contribution in [0, 0.1) is 13.8 Å². The normalized spacial score (nSPS) is 14.2. The number of aromatic nitrogens is 4. The molecule has 26 heavy (non-hydrogen) atoms. The molecule has 1 saturated heterocycles. The zero-order valence-corrected chi connectivity index (χ0v) is 16.2. The number of aryl methyl sites for hydroxylation is 2. The summed E-state index contributed by atoms with van der Waals surface area (Å²) in [6, 6.07) is 0. The predicted octanol–water partition coefficient (Wildman–Crippen LogP) is 1.13. The summed E-state index contributed by atoms with van der Waals surface area (Å²) >= 11 is 1.45. The second-order valence-electron chi connectivity index (χ2n) is 6.44. The van der Waals surface area contributed by atoms with Crippen LogP contribution in [0.3, 0.4) is 0 Å². The van der Waals surface area contributed by atoms with Crippen LogP contribution in [0.15, 0.2) is 5.16 Å². The van der Waals surface area contributed by atoms with Crippen LogP contribution >= 0.6 is 11.8 Å². The van der Waals surface area contributed by atoms with E-state index in [-0.39, 0.29) is 18.2 Å². The molecular formula is C17H24N6O2S. The van der Waals surface area contributed by atoms with Crippen LogP contribution in [0.1, 0.15) is 36.2 Å². The lowest BCUT2D eigenvalue weighted by atomic mass is 10.1. The fraction of sp³-hybridized carbons (Fsp3) is 0.588. The quantitative estimate of drug-likeness (QED) is 0.760. The molecule has 2 aromatic heterocycles. The molecule has 2 aromatic rings. The average molecular weight is 376 g/mol. The molecule has 0 aromatic carbocycles. The number of fused-ring (bicyclic) bond motifs is 1. The van der Waals surface area contributed by atoms with Crippen molar-refractivity contribution >= 4 is 29.4 Å². The number of carbonyl (C=O) groups is 2. The molecule has 8 nitrogen and oxygen atoms in total. The Labute approximate surface area is 156 Å². The van der Waals surface area contributed by atoms with Gasteiger partial charge in [-0.25, -0.2) is 9.50 Å². The van der Waals surface area contributed by atoms with Gasteiger partial charge in [0.1, 0.15) is 0 Å². The minimum absolute atomic E-state index is 0.114. The molecule has 140 valence electrons. The van der Waals surface area contributed by atoms with Gasteiger partial charge in [0.2, 0.25) is 17.0 Å². The van der Waals surface area contributed by atoms with Crippen molar-refractivity contribution in [2.24, 2.45) is 0 Å². The number of rotatable bonds is 6. The molecule has 1 aliphatic heterocycles. The zero-order valence-electron chi connectivity index (χ0n) is 15.4. The first-order chi connectivity index (χ1) is 12.5. The van der Waals surface area contributed by atoms with E-state index in [4.69, 9.17) is 0 Å². The van der Waals surface area contributed by atoms with E-state index in [1.54, 1.807) is 4.52 Å². The third-order valence-corrected chi connectivity index (χ3v) is 5.21. The Morgan fingerprint density at radius 2 is 1.92 bits per heavy atom. The number of hydrogen-bond acceptors (Lipinski definition) is 6. The van der Waals surface area contributed by atoms with Gasteiger partial charge in [0, 0.05) is 43.0 Å². The van der Waals surface area contributed by atoms with Gasteiger partial charge in [-0.2, -0.15) is 4.98 Å². The smallest absolute Gasteiger partial charge is 0.253 e. The highest BCUT2D eigenvalue weighted by Gasteiger charge is 2.18. The van der Waals surface area contributed by atoms with E-state index in [1.165, 1.54) is 11.8 Å². The highest BCUT2D eigenvalue weighted by Crippen LogP contribution is 2.17. The molecule has 0 radical (unpaired) electrons. The van der Waals surface area contributed by atoms with E-state index in [0.29, 0.717) is 23.9 Å². The highest BCUT2D eigenvalue weighted by molar-refractivity contribution is 7.98. The lowest BCUT2D eigenvalue weighted by molar-refractivity contribution is -0.130. The summed E-state index contributed by atoms with van der Waals surface area (Å²) in [6.07, 6.45) is 4.63. The van der Waals surface area contributed by atoms with Crippen molar-refractivity contribution in [3.8, 4) is 0 Å². The van der Waals surface area contributed by atoms with Crippen molar-refractivity contribution in [2.45, 2.75) is 44.7 Å². The topological polar surface area (TPSA) is 92.5 Å². The Kier molecular flexibility index (Phi) is 5.75. The lowest BCUT2D eigenvalue weighted by Crippen LogP contribution is -2.33. The van der Waals surface area contributed by atoms with Crippen molar-refractivity contribution in [1.82, 2.24) is 29.8 Å². The van der Waals surface area contributed by atoms with E-state index < -0.39 is 0 Å². The summed E-state index contributed by atoms with van der Waals surface area (Å²) in [4.78, 5) is 35.0. The molecule has 9 heteroatoms. The Morgan fingerprint density at radius 1 is 1.19 bits per heavy atom. The molecule has 0 saturated carbocycles. The molecule has 0 unspecified atom stereocenters. The van der Waals surface area contributed by atoms with E-state index in [1.807, 2.05) is 25.0 Å². The minimum atomic E-state index is -0.114. The van der Waals surface area contributed by atoms with Crippen LogP contribution in [-0.4, -0.2) is 62.2 Å². The fourth-order valence-corrected chi connectivity index (χ4v) is 3.53. The maximum absolute atomic E-state index is 12.3. The Bertz CT molecular complexity index is 828. The van der Waals surface area contributed by atoms with E-state index in [9.17, 15) is 9.59 Å². The lowest BCUT2D eigenvalue weighted by Gasteiger charge is -2.15. The molecule has 1 aliphatic rings. The summed E-state index contributed by atoms with van der Waals surface area (Å²) < 4.78 is 1.68. The largest absolute Gasteiger partial charge is 0.355 e. The minimum Gasteiger partial charge on any atom is -0.355 e. The zero-order chi connectivity index (χ0) is 18.7. The van der Waals surface area contributed by atoms with Crippen LogP contribution in [0.4, 0.5) is 0 Å². The molecule has 3 rings (SSSR count). The van der Waals surface area contributed by atoms with E-state index >= 15 is 0 Å². The summed E-state index contributed by atoms with van der Waals surface area (Å²) in [6.45, 7) is 5.83. The average Bonchev–Trinajstić information content (AvgIpc) is 3.28. The number of carbonyl (C=O) groups excluding carboxylic acids is 2. The van der Waals surface area contributed by atoms with Gasteiger partial charge in [-0.05, 0) is 32.9 Å². The van der Waals surface area contributed by atoms with Gasteiger partial charge < -0.3 is 10.2 Å². The van der Waals surface area contributed by atoms with Crippen molar-refractivity contribution in [3.05, 3.63) is 17.0 Å². The van der Waals surface area contributed by atoms with E-state index in [2.05, 4.69) is 20.4 Å². The second-order valence-corrected chi connectivity index (χ2v) is 7.21. The third kappa shape index (κ3) is 3.98. The number of nitrogens with zero attached hydrogens (tertiary/aromatic N) is 5. The maximum Gasteiger partial charge on any atom is 0.253 e. The highest BCUT2D eigenvalue weighted by atomic mass is 32.2. The standard InChI is InChI=1S/C17H24N6O2S/c1-11-13(12(2)23-16(19-11)20-17(21-23)26-3)10-14(24)18-7-6-15(25)22-8-4-5-9-22/h4-10H2,1-3H3,(H,18,24). The molecule has 0 spiro atoms. The van der Waals surface area contributed by atoms with Crippen molar-refractivity contribution < 1.29 is 9.59 Å². The van der Waals surface area contributed by atoms with Gasteiger partial charge in [0.05, 0.1) is 6.42 Å². The molecular weight excluding hydrogens is 352 g/mol. The summed E-state index contributed by atoms with van der Waals surface area (Å²) in [7, 11) is 0. The van der Waals surface area contributed by atoms with Gasteiger partial charge in [-0.3, -0.25) is 9.59 Å². The molecule has 0 atom stereocenters. The summed E-state index contributed by atoms with van der Waals surface area (Å²) in [5.74, 6) is 0.548. The summed E-state index contributed by atoms with van der Waals surface area (Å²) in [5.41, 5.74) is 2.49. The fourth-order valence-electron chi connectivity index (χ4n) is 3.19. The van der Waals surface area contributed by atoms with Crippen molar-refractivity contribution in [1.29, 1.82) is 0 Å². The molecule has 0 bridgehead atoms. The van der Waals surface area contributed by atoms with Gasteiger partial charge in [0.15, 0.2) is 0 Å². The van der Waals surface area contributed by atoms with Crippen LogP contribution in [0.25, 0.3) is 5.78 Å². The number of likely N-dealkylation sites (tertiary alicyclic amines) is 1. The first-order valence-electron chi connectivity index (χ1n) is 8.81. The van der Waals surface area contributed by atoms with Crippen LogP contribution in [0.2, 0.25) is 0 Å². The Balaban J connectivity index is 1.60. The Morgan fingerprint density at radius 3 is 2.62 bits per heavy atom. The van der Waals surface area contributed by atoms with Crippen molar-refractivity contribution in [3.63, 3.8) is 0 Å². The van der Waals surface area contributed by atoms with Crippen LogP contribution in [-0.2, 0) is 16.0 Å². The van der Waals surface area contributed by atoms with Gasteiger partial charge in [0.25, 0.3) is 5.78 Å². The van der Waals surface area contributed by atoms with Crippen LogP contribution < -0.4 is 5.32 Å². The first kappa shape index (κ1) is 18.6. The first-order valence-corrected chi connectivity index (χ1v) is 10.0. The number of nitrogens with one attached hydrogen (secondary N) is 1. The molecule has 1 fully saturated rings. The maximum atomic E-state index is 12.3. The monoisotopic (exact) mass is 376 g/mol. The third-order valence-electron chi connectivity index (χ3n) is 4.67. The summed E-state index contributed by atoms with van der Waals surface area (Å²) in [5, 5.41) is 7.89. The molecule has 1 N–H and O–H groups in total. The Hall–Kier alpha value is -2.16. The van der Waals surface area contributed by atoms with Crippen LogP contribution in [0.5, 0.6) is 0 Å². The number of thioether (sulfide) groups is 1.